The molecule has 4 atom stereocenters. The van der Waals surface area contributed by atoms with Crippen LogP contribution in [-0.2, 0) is 14.3 Å². The Bertz CT molecular complexity index is 679. The van der Waals surface area contributed by atoms with Crippen molar-refractivity contribution in [3.05, 3.63) is 11.6 Å². The van der Waals surface area contributed by atoms with E-state index in [9.17, 15) is 14.7 Å². The van der Waals surface area contributed by atoms with Crippen LogP contribution in [-0.4, -0.2) is 40.8 Å². The number of ether oxygens (including phenoxy) is 1. The Morgan fingerprint density at radius 3 is 2.68 bits per heavy atom. The molecule has 154 valence electrons. The molecule has 3 aliphatic carbocycles. The van der Waals surface area contributed by atoms with E-state index in [2.05, 4.69) is 11.8 Å². The molecular formula is C23H32O5. The van der Waals surface area contributed by atoms with E-state index < -0.39 is 17.7 Å². The zero-order chi connectivity index (χ0) is 20.1. The van der Waals surface area contributed by atoms with Crippen LogP contribution in [0.1, 0.15) is 70.6 Å². The Hall–Kier alpha value is -1.64. The fourth-order valence-corrected chi connectivity index (χ4v) is 5.33. The third kappa shape index (κ3) is 4.50. The fraction of sp³-hybridized carbons (Fsp3) is 0.739. The molecule has 2 N–H and O–H groups in total. The lowest BCUT2D eigenvalue weighted by atomic mass is 9.53. The summed E-state index contributed by atoms with van der Waals surface area (Å²) in [5.41, 5.74) is 0.664. The first kappa shape index (κ1) is 21.1. The number of aliphatic carboxylic acids is 1. The largest absolute Gasteiger partial charge is 0.481 e. The first-order valence-electron chi connectivity index (χ1n) is 10.6. The number of carboxylic acid groups (broad SMARTS) is 1. The number of aliphatic hydroxyl groups is 1. The molecule has 0 aromatic rings. The van der Waals surface area contributed by atoms with E-state index in [0.29, 0.717) is 31.6 Å². The molecule has 4 unspecified atom stereocenters. The number of rotatable bonds is 6. The number of methoxy groups -OCH3 is 1. The van der Waals surface area contributed by atoms with E-state index in [0.717, 1.165) is 24.8 Å². The standard InChI is InChI=1S/C23H32O5/c1-28-23-13-12-21(25)19(20(23)15-17(23)8-5-9-22(26)27)11-10-18(24)14-16-6-3-2-4-7-16/h8,16,19-21,25H,2-7,9,12-15H2,1H3,(H,26,27). The van der Waals surface area contributed by atoms with Crippen LogP contribution in [0, 0.1) is 29.6 Å². The highest BCUT2D eigenvalue weighted by molar-refractivity contribution is 5.95. The highest BCUT2D eigenvalue weighted by Crippen LogP contribution is 2.56. The maximum Gasteiger partial charge on any atom is 0.303 e. The lowest BCUT2D eigenvalue weighted by Crippen LogP contribution is -2.59. The number of carboxylic acids is 1. The molecule has 5 heteroatoms. The number of ketones is 1. The lowest BCUT2D eigenvalue weighted by Gasteiger charge is -2.57. The summed E-state index contributed by atoms with van der Waals surface area (Å²) in [4.78, 5) is 23.1. The van der Waals surface area contributed by atoms with Crippen LogP contribution >= 0.6 is 0 Å². The fourth-order valence-electron chi connectivity index (χ4n) is 5.33. The summed E-state index contributed by atoms with van der Waals surface area (Å²) < 4.78 is 5.88. The molecule has 3 aliphatic rings. The Morgan fingerprint density at radius 2 is 2.00 bits per heavy atom. The summed E-state index contributed by atoms with van der Waals surface area (Å²) in [6.45, 7) is 0. The van der Waals surface area contributed by atoms with Gasteiger partial charge in [-0.15, -0.1) is 0 Å². The van der Waals surface area contributed by atoms with Crippen LogP contribution in [0.2, 0.25) is 0 Å². The summed E-state index contributed by atoms with van der Waals surface area (Å²) in [6, 6.07) is 0. The molecule has 0 bridgehead atoms. The Morgan fingerprint density at radius 1 is 1.25 bits per heavy atom. The molecular weight excluding hydrogens is 356 g/mol. The van der Waals surface area contributed by atoms with Crippen molar-refractivity contribution in [2.24, 2.45) is 17.8 Å². The molecule has 28 heavy (non-hydrogen) atoms. The minimum Gasteiger partial charge on any atom is -0.481 e. The quantitative estimate of drug-likeness (QED) is 0.413. The highest BCUT2D eigenvalue weighted by Gasteiger charge is 2.58. The molecule has 3 rings (SSSR count). The first-order chi connectivity index (χ1) is 13.5. The Kier molecular flexibility index (Phi) is 6.95. The highest BCUT2D eigenvalue weighted by atomic mass is 16.5. The van der Waals surface area contributed by atoms with Gasteiger partial charge in [0.2, 0.25) is 5.78 Å². The molecule has 3 saturated carbocycles. The lowest BCUT2D eigenvalue weighted by molar-refractivity contribution is -0.139. The Labute approximate surface area is 167 Å². The van der Waals surface area contributed by atoms with Crippen molar-refractivity contribution < 1.29 is 24.5 Å². The molecule has 0 heterocycles. The number of carbonyl (C=O) groups is 2. The summed E-state index contributed by atoms with van der Waals surface area (Å²) in [6.07, 6.45) is 10.6. The first-order valence-corrected chi connectivity index (χ1v) is 10.6. The van der Waals surface area contributed by atoms with Crippen LogP contribution in [0.3, 0.4) is 0 Å². The maximum atomic E-state index is 12.3. The van der Waals surface area contributed by atoms with Crippen LogP contribution in [0.15, 0.2) is 11.6 Å². The number of allylic oxidation sites excluding steroid dienone is 1. The van der Waals surface area contributed by atoms with Crippen molar-refractivity contribution in [1.82, 2.24) is 0 Å². The predicted octanol–water partition coefficient (Wildman–Crippen LogP) is 3.50. The van der Waals surface area contributed by atoms with Gasteiger partial charge in [-0.05, 0) is 55.9 Å². The van der Waals surface area contributed by atoms with Gasteiger partial charge >= 0.3 is 5.97 Å². The van der Waals surface area contributed by atoms with Crippen LogP contribution in [0.4, 0.5) is 0 Å². The number of hydrogen-bond acceptors (Lipinski definition) is 4. The minimum absolute atomic E-state index is 0.00997. The summed E-state index contributed by atoms with van der Waals surface area (Å²) in [7, 11) is 1.67. The predicted molar refractivity (Wildman–Crippen MR) is 106 cm³/mol. The van der Waals surface area contributed by atoms with Gasteiger partial charge in [-0.3, -0.25) is 9.59 Å². The van der Waals surface area contributed by atoms with Crippen molar-refractivity contribution in [2.75, 3.05) is 7.11 Å². The van der Waals surface area contributed by atoms with Crippen molar-refractivity contribution >= 4 is 11.8 Å². The smallest absolute Gasteiger partial charge is 0.303 e. The second kappa shape index (κ2) is 9.24. The average Bonchev–Trinajstić information content (AvgIpc) is 2.66. The van der Waals surface area contributed by atoms with Crippen molar-refractivity contribution in [3.8, 4) is 11.8 Å². The van der Waals surface area contributed by atoms with Gasteiger partial charge in [-0.2, -0.15) is 0 Å². The van der Waals surface area contributed by atoms with Gasteiger partial charge in [0.25, 0.3) is 0 Å². The molecule has 0 amide bonds. The minimum atomic E-state index is -0.807. The number of fused-ring (bicyclic) bond motifs is 1. The van der Waals surface area contributed by atoms with E-state index in [4.69, 9.17) is 9.84 Å². The SMILES string of the molecule is COC12CCC(O)C(C#CC(=O)CC3CCCCC3)C1CC2=CCCC(=O)O. The molecule has 0 radical (unpaired) electrons. The van der Waals surface area contributed by atoms with Crippen LogP contribution in [0.25, 0.3) is 0 Å². The van der Waals surface area contributed by atoms with Crippen molar-refractivity contribution in [3.63, 3.8) is 0 Å². The second-order valence-electron chi connectivity index (χ2n) is 8.60. The van der Waals surface area contributed by atoms with E-state index >= 15 is 0 Å². The number of Topliss-reactive ketones (excluding diaryl/α,β-unsaturated/α-hetero) is 1. The third-order valence-electron chi connectivity index (χ3n) is 6.93. The number of hydrogen-bond donors (Lipinski definition) is 2. The molecule has 0 aliphatic heterocycles. The zero-order valence-electron chi connectivity index (χ0n) is 16.8. The number of aliphatic hydroxyl groups excluding tert-OH is 1. The summed E-state index contributed by atoms with van der Waals surface area (Å²) in [5, 5.41) is 19.3. The molecule has 0 aromatic heterocycles. The topological polar surface area (TPSA) is 83.8 Å². The maximum absolute atomic E-state index is 12.3. The van der Waals surface area contributed by atoms with Gasteiger partial charge in [-0.1, -0.05) is 31.3 Å². The van der Waals surface area contributed by atoms with Crippen LogP contribution in [0.5, 0.6) is 0 Å². The monoisotopic (exact) mass is 388 g/mol. The van der Waals surface area contributed by atoms with Gasteiger partial charge < -0.3 is 14.9 Å². The van der Waals surface area contributed by atoms with Gasteiger partial charge in [0.15, 0.2) is 0 Å². The second-order valence-corrected chi connectivity index (χ2v) is 8.60. The van der Waals surface area contributed by atoms with E-state index in [1.54, 1.807) is 7.11 Å². The molecule has 3 fully saturated rings. The van der Waals surface area contributed by atoms with Gasteiger partial charge in [0.1, 0.15) is 0 Å². The van der Waals surface area contributed by atoms with E-state index in [-0.39, 0.29) is 24.0 Å². The summed E-state index contributed by atoms with van der Waals surface area (Å²) in [5.74, 6) is 5.37. The summed E-state index contributed by atoms with van der Waals surface area (Å²) >= 11 is 0. The molecule has 0 spiro atoms. The average molecular weight is 389 g/mol. The van der Waals surface area contributed by atoms with Crippen molar-refractivity contribution in [2.45, 2.75) is 82.3 Å². The molecule has 0 saturated heterocycles. The number of carbonyl (C=O) groups excluding carboxylic acids is 1. The van der Waals surface area contributed by atoms with Gasteiger partial charge in [0.05, 0.1) is 17.6 Å². The molecule has 5 nitrogen and oxygen atoms in total. The van der Waals surface area contributed by atoms with E-state index in [1.807, 2.05) is 6.08 Å². The zero-order valence-corrected chi connectivity index (χ0v) is 16.8. The normalized spacial score (nSPS) is 34.1. The van der Waals surface area contributed by atoms with Gasteiger partial charge in [-0.25, -0.2) is 0 Å². The third-order valence-corrected chi connectivity index (χ3v) is 6.93. The van der Waals surface area contributed by atoms with Crippen molar-refractivity contribution in [1.29, 1.82) is 0 Å². The Balaban J connectivity index is 1.65. The van der Waals surface area contributed by atoms with E-state index in [1.165, 1.54) is 19.3 Å². The van der Waals surface area contributed by atoms with Gasteiger partial charge in [0, 0.05) is 25.9 Å². The van der Waals surface area contributed by atoms with Crippen LogP contribution < -0.4 is 0 Å². The molecule has 0 aromatic carbocycles.